The van der Waals surface area contributed by atoms with Gasteiger partial charge < -0.3 is 5.11 Å². The molecule has 11 heteroatoms. The summed E-state index contributed by atoms with van der Waals surface area (Å²) >= 11 is 1.74. The van der Waals surface area contributed by atoms with Crippen molar-refractivity contribution in [3.05, 3.63) is 52.3 Å². The summed E-state index contributed by atoms with van der Waals surface area (Å²) in [5, 5.41) is 25.2. The second-order valence-corrected chi connectivity index (χ2v) is 7.67. The molecule has 1 atom stereocenters. The molecule has 0 bridgehead atoms. The van der Waals surface area contributed by atoms with Gasteiger partial charge in [0.15, 0.2) is 5.82 Å². The molecule has 0 radical (unpaired) electrons. The lowest BCUT2D eigenvalue weighted by atomic mass is 9.99. The van der Waals surface area contributed by atoms with Crippen LogP contribution in [0.5, 0.6) is 0 Å². The molecule has 0 aliphatic carbocycles. The van der Waals surface area contributed by atoms with E-state index in [1.165, 1.54) is 4.88 Å². The minimum Gasteiger partial charge on any atom is -0.483 e. The third kappa shape index (κ3) is 3.94. The van der Waals surface area contributed by atoms with Crippen LogP contribution in [0, 0.1) is 6.92 Å². The lowest BCUT2D eigenvalue weighted by Gasteiger charge is -2.22. The maximum Gasteiger partial charge on any atom is 0.290 e. The Kier molecular flexibility index (Phi) is 5.47. The standard InChI is InChI=1S/C17H18N8S.CH2O2/c1-11-14(7-19-22-11)16-21-17(25(23-16)9-13-3-2-6-26-13)12-4-5-15-18-10-20-24(15)8-12;2-1-3/h2-3,6-7,10,12H,4-5,8-9H2,1H3,(H,19,22);1H,(H,2,3). The summed E-state index contributed by atoms with van der Waals surface area (Å²) in [5.74, 6) is 3.07. The Morgan fingerprint density at radius 3 is 3.03 bits per heavy atom. The molecule has 150 valence electrons. The summed E-state index contributed by atoms with van der Waals surface area (Å²) in [5.41, 5.74) is 1.93. The number of carbonyl (C=O) groups is 1. The summed E-state index contributed by atoms with van der Waals surface area (Å²) in [6.07, 6.45) is 5.34. The number of hydrogen-bond donors (Lipinski definition) is 2. The monoisotopic (exact) mass is 412 g/mol. The highest BCUT2D eigenvalue weighted by atomic mass is 32.1. The predicted octanol–water partition coefficient (Wildman–Crippen LogP) is 2.11. The predicted molar refractivity (Wildman–Crippen MR) is 106 cm³/mol. The van der Waals surface area contributed by atoms with E-state index in [9.17, 15) is 0 Å². The molecule has 0 amide bonds. The Balaban J connectivity index is 0.000000645. The fraction of sp³-hybridized carbons (Fsp3) is 0.333. The van der Waals surface area contributed by atoms with Gasteiger partial charge in [0.1, 0.15) is 18.0 Å². The van der Waals surface area contributed by atoms with E-state index in [1.807, 2.05) is 16.3 Å². The first-order valence-electron chi connectivity index (χ1n) is 9.11. The van der Waals surface area contributed by atoms with E-state index in [1.54, 1.807) is 23.9 Å². The molecule has 29 heavy (non-hydrogen) atoms. The zero-order chi connectivity index (χ0) is 20.2. The molecule has 5 heterocycles. The molecule has 1 aliphatic rings. The summed E-state index contributed by atoms with van der Waals surface area (Å²) < 4.78 is 4.03. The van der Waals surface area contributed by atoms with E-state index in [4.69, 9.17) is 20.0 Å². The number of aromatic nitrogens is 8. The van der Waals surface area contributed by atoms with Crippen LogP contribution in [-0.4, -0.2) is 51.3 Å². The fourth-order valence-corrected chi connectivity index (χ4v) is 4.15. The molecule has 5 rings (SSSR count). The lowest BCUT2D eigenvalue weighted by molar-refractivity contribution is -0.122. The average Bonchev–Trinajstić information content (AvgIpc) is 3.49. The zero-order valence-electron chi connectivity index (χ0n) is 15.8. The van der Waals surface area contributed by atoms with Crippen molar-refractivity contribution >= 4 is 17.8 Å². The van der Waals surface area contributed by atoms with Gasteiger partial charge in [-0.3, -0.25) is 9.89 Å². The van der Waals surface area contributed by atoms with E-state index in [0.717, 1.165) is 54.7 Å². The Bertz CT molecular complexity index is 1080. The van der Waals surface area contributed by atoms with Gasteiger partial charge in [0.05, 0.1) is 24.8 Å². The van der Waals surface area contributed by atoms with E-state index in [0.29, 0.717) is 0 Å². The molecule has 4 aromatic rings. The van der Waals surface area contributed by atoms with Crippen LogP contribution in [-0.2, 0) is 24.3 Å². The average molecular weight is 412 g/mol. The minimum absolute atomic E-state index is 0.250. The number of hydrogen-bond acceptors (Lipinski definition) is 7. The normalized spacial score (nSPS) is 15.4. The first kappa shape index (κ1) is 19.0. The fourth-order valence-electron chi connectivity index (χ4n) is 3.46. The van der Waals surface area contributed by atoms with Crippen LogP contribution >= 0.6 is 11.3 Å². The maximum absolute atomic E-state index is 8.36. The summed E-state index contributed by atoms with van der Waals surface area (Å²) in [6, 6.07) is 4.20. The number of nitrogens with zero attached hydrogens (tertiary/aromatic N) is 7. The lowest BCUT2D eigenvalue weighted by Crippen LogP contribution is -2.23. The van der Waals surface area contributed by atoms with Crippen molar-refractivity contribution in [1.29, 1.82) is 0 Å². The minimum atomic E-state index is -0.250. The van der Waals surface area contributed by atoms with Gasteiger partial charge >= 0.3 is 0 Å². The number of nitrogens with one attached hydrogen (secondary N) is 1. The zero-order valence-corrected chi connectivity index (χ0v) is 16.6. The van der Waals surface area contributed by atoms with Crippen LogP contribution in [0.1, 0.15) is 34.6 Å². The Hall–Kier alpha value is -3.34. The molecule has 0 aromatic carbocycles. The van der Waals surface area contributed by atoms with Crippen molar-refractivity contribution in [1.82, 2.24) is 39.7 Å². The van der Waals surface area contributed by atoms with Crippen LogP contribution in [0.3, 0.4) is 0 Å². The molecule has 0 saturated heterocycles. The van der Waals surface area contributed by atoms with Crippen LogP contribution in [0.4, 0.5) is 0 Å². The topological polar surface area (TPSA) is 127 Å². The number of fused-ring (bicyclic) bond motifs is 1. The van der Waals surface area contributed by atoms with Gasteiger partial charge in [0, 0.05) is 22.9 Å². The molecule has 0 spiro atoms. The highest BCUT2D eigenvalue weighted by Crippen LogP contribution is 2.29. The summed E-state index contributed by atoms with van der Waals surface area (Å²) in [7, 11) is 0. The van der Waals surface area contributed by atoms with Gasteiger partial charge in [-0.1, -0.05) is 6.07 Å². The highest BCUT2D eigenvalue weighted by molar-refractivity contribution is 7.09. The SMILES string of the molecule is Cc1[nH]ncc1-c1nc(C2CCc3ncnn3C2)n(Cc2cccs2)n1.O=CO. The maximum atomic E-state index is 8.36. The van der Waals surface area contributed by atoms with Crippen LogP contribution in [0.2, 0.25) is 0 Å². The van der Waals surface area contributed by atoms with Crippen LogP contribution in [0.15, 0.2) is 30.0 Å². The first-order valence-corrected chi connectivity index (χ1v) is 9.99. The van der Waals surface area contributed by atoms with Crippen molar-refractivity contribution in [2.75, 3.05) is 0 Å². The molecule has 1 aliphatic heterocycles. The third-order valence-corrected chi connectivity index (χ3v) is 5.69. The second-order valence-electron chi connectivity index (χ2n) is 6.64. The van der Waals surface area contributed by atoms with E-state index in [2.05, 4.69) is 37.8 Å². The Morgan fingerprint density at radius 2 is 2.31 bits per heavy atom. The van der Waals surface area contributed by atoms with Gasteiger partial charge in [-0.25, -0.2) is 19.3 Å². The number of aromatic amines is 1. The van der Waals surface area contributed by atoms with Gasteiger partial charge in [0.25, 0.3) is 6.47 Å². The van der Waals surface area contributed by atoms with Crippen molar-refractivity contribution in [3.63, 3.8) is 0 Å². The third-order valence-electron chi connectivity index (χ3n) is 4.83. The second kappa shape index (κ2) is 8.35. The Labute approximate surface area is 170 Å². The molecule has 1 unspecified atom stereocenters. The smallest absolute Gasteiger partial charge is 0.290 e. The first-order chi connectivity index (χ1) is 14.2. The highest BCUT2D eigenvalue weighted by Gasteiger charge is 2.27. The summed E-state index contributed by atoms with van der Waals surface area (Å²) in [4.78, 5) is 18.9. The van der Waals surface area contributed by atoms with E-state index < -0.39 is 0 Å². The van der Waals surface area contributed by atoms with Crippen LogP contribution < -0.4 is 0 Å². The molecule has 0 saturated carbocycles. The number of thiophene rings is 1. The van der Waals surface area contributed by atoms with Gasteiger partial charge in [0.2, 0.25) is 0 Å². The van der Waals surface area contributed by atoms with Crippen molar-refractivity contribution in [2.45, 2.75) is 38.8 Å². The van der Waals surface area contributed by atoms with Crippen LogP contribution in [0.25, 0.3) is 11.4 Å². The molecule has 10 nitrogen and oxygen atoms in total. The van der Waals surface area contributed by atoms with Gasteiger partial charge in [-0.05, 0) is 24.8 Å². The molecular formula is C18H20N8O2S. The van der Waals surface area contributed by atoms with Crippen molar-refractivity contribution in [3.8, 4) is 11.4 Å². The van der Waals surface area contributed by atoms with Crippen molar-refractivity contribution < 1.29 is 9.90 Å². The largest absolute Gasteiger partial charge is 0.483 e. The number of H-pyrrole nitrogens is 1. The number of aryl methyl sites for hydroxylation is 2. The number of carboxylic acid groups (broad SMARTS) is 1. The Morgan fingerprint density at radius 1 is 1.45 bits per heavy atom. The quantitative estimate of drug-likeness (QED) is 0.491. The van der Waals surface area contributed by atoms with Gasteiger partial charge in [-0.15, -0.1) is 11.3 Å². The van der Waals surface area contributed by atoms with E-state index >= 15 is 0 Å². The summed E-state index contributed by atoms with van der Waals surface area (Å²) in [6.45, 7) is 3.27. The van der Waals surface area contributed by atoms with Crippen molar-refractivity contribution in [2.24, 2.45) is 0 Å². The molecular weight excluding hydrogens is 392 g/mol. The van der Waals surface area contributed by atoms with Gasteiger partial charge in [-0.2, -0.15) is 15.3 Å². The molecule has 2 N–H and O–H groups in total. The van der Waals surface area contributed by atoms with E-state index in [-0.39, 0.29) is 12.4 Å². The molecule has 0 fully saturated rings. The molecule has 4 aromatic heterocycles. The number of rotatable bonds is 4.